The van der Waals surface area contributed by atoms with Crippen molar-refractivity contribution in [2.24, 2.45) is 0 Å². The maximum absolute atomic E-state index is 11.1. The van der Waals surface area contributed by atoms with Crippen LogP contribution >= 0.6 is 0 Å². The Morgan fingerprint density at radius 2 is 1.79 bits per heavy atom. The number of halogens is 1. The van der Waals surface area contributed by atoms with Gasteiger partial charge < -0.3 is 0 Å². The molecule has 0 aromatic carbocycles. The first-order chi connectivity index (χ1) is 8.40. The Morgan fingerprint density at radius 1 is 1.32 bits per heavy atom. The van der Waals surface area contributed by atoms with E-state index in [1.165, 1.54) is 24.8 Å². The van der Waals surface area contributed by atoms with Crippen molar-refractivity contribution in [1.29, 1.82) is 0 Å². The Morgan fingerprint density at radius 3 is 2.16 bits per heavy atom. The summed E-state index contributed by atoms with van der Waals surface area (Å²) in [6.45, 7) is 4.94. The molecule has 0 spiro atoms. The highest BCUT2D eigenvalue weighted by molar-refractivity contribution is 7.90. The first-order valence-electron chi connectivity index (χ1n) is 5.78. The average molecular weight is 318 g/mol. The summed E-state index contributed by atoms with van der Waals surface area (Å²) in [7, 11) is -7.77. The lowest BCUT2D eigenvalue weighted by Crippen LogP contribution is -2.68. The van der Waals surface area contributed by atoms with Crippen molar-refractivity contribution in [3.8, 4) is 0 Å². The average Bonchev–Trinajstić information content (AvgIpc) is 2.12. The summed E-state index contributed by atoms with van der Waals surface area (Å²) in [5, 5.41) is 0. The molecule has 0 N–H and O–H groups in total. The van der Waals surface area contributed by atoms with Crippen molar-refractivity contribution >= 4 is 15.5 Å². The second kappa shape index (κ2) is 7.51. The lowest BCUT2D eigenvalue weighted by Gasteiger charge is -2.18. The first kappa shape index (κ1) is 18.8. The molecule has 7 nitrogen and oxygen atoms in total. The highest BCUT2D eigenvalue weighted by Gasteiger charge is 2.24. The highest BCUT2D eigenvalue weighted by Crippen LogP contribution is 2.12. The molecular formula is C10H20ClNO6S. The normalized spacial score (nSPS) is 20.9. The fraction of sp³-hybridized carbons (Fsp3) is 0.900. The van der Waals surface area contributed by atoms with Gasteiger partial charge in [0, 0.05) is 26.0 Å². The van der Waals surface area contributed by atoms with Crippen molar-refractivity contribution in [3.63, 3.8) is 0 Å². The molecule has 1 aliphatic rings. The van der Waals surface area contributed by atoms with E-state index in [0.29, 0.717) is 12.6 Å². The third kappa shape index (κ3) is 11.3. The number of nitrogens with zero attached hydrogens (tertiary/aromatic N) is 1. The van der Waals surface area contributed by atoms with Crippen LogP contribution in [0.2, 0.25) is 0 Å². The third-order valence-electron chi connectivity index (χ3n) is 2.89. The molecule has 1 atom stereocenters. The van der Waals surface area contributed by atoms with Crippen molar-refractivity contribution in [2.45, 2.75) is 39.2 Å². The van der Waals surface area contributed by atoms with Gasteiger partial charge in [0.15, 0.2) is 16.4 Å². The zero-order chi connectivity index (χ0) is 15.3. The summed E-state index contributed by atoms with van der Waals surface area (Å²) in [6.07, 6.45) is 4.84. The summed E-state index contributed by atoms with van der Waals surface area (Å²) < 4.78 is 58.3. The molecule has 0 aromatic heterocycles. The molecule has 9 heteroatoms. The maximum atomic E-state index is 11.1. The third-order valence-corrected chi connectivity index (χ3v) is 3.81. The summed E-state index contributed by atoms with van der Waals surface area (Å²) in [4.78, 5) is 0. The first-order valence-corrected chi connectivity index (χ1v) is 9.08. The fourth-order valence-electron chi connectivity index (χ4n) is 2.00. The van der Waals surface area contributed by atoms with Gasteiger partial charge in [-0.1, -0.05) is 0 Å². The van der Waals surface area contributed by atoms with E-state index in [4.69, 9.17) is 18.6 Å². The Labute approximate surface area is 115 Å². The Bertz CT molecular complexity index is 408. The van der Waals surface area contributed by atoms with Gasteiger partial charge in [-0.2, -0.15) is 0 Å². The molecule has 0 fully saturated rings. The van der Waals surface area contributed by atoms with Gasteiger partial charge in [-0.25, -0.2) is 31.6 Å². The fourth-order valence-corrected chi connectivity index (χ4v) is 2.53. The molecule has 1 unspecified atom stereocenters. The zero-order valence-electron chi connectivity index (χ0n) is 11.3. The van der Waals surface area contributed by atoms with Crippen LogP contribution in [-0.4, -0.2) is 43.3 Å². The van der Waals surface area contributed by atoms with Crippen LogP contribution in [0, 0.1) is 10.2 Å². The summed E-state index contributed by atoms with van der Waals surface area (Å²) >= 11 is 0. The van der Waals surface area contributed by atoms with Crippen LogP contribution in [0.5, 0.6) is 0 Å². The van der Waals surface area contributed by atoms with Gasteiger partial charge >= 0.3 is 0 Å². The lowest BCUT2D eigenvalue weighted by atomic mass is 10.0. The Balaban J connectivity index is 0.000000555. The minimum Gasteiger partial charge on any atom is -0.234 e. The number of sulfone groups is 1. The molecule has 0 saturated carbocycles. The van der Waals surface area contributed by atoms with Gasteiger partial charge in [0.05, 0.1) is 0 Å². The van der Waals surface area contributed by atoms with Crippen LogP contribution in [0.4, 0.5) is 0 Å². The Hall–Kier alpha value is -0.250. The molecule has 0 aromatic rings. The van der Waals surface area contributed by atoms with Gasteiger partial charge in [0.2, 0.25) is 0 Å². The lowest BCUT2D eigenvalue weighted by molar-refractivity contribution is -2.00. The Kier molecular flexibility index (Phi) is 7.41. The second-order valence-electron chi connectivity index (χ2n) is 4.68. The standard InChI is InChI=1S/C10H20NO2S.ClHO4/c1-9-5-4-6-10(2)11(9)7-8-14(3,12)13;2-1(3,4)5/h9H,4-8H2,1-3H3;(H,2,3,4,5)/q+1;/p-1. The van der Waals surface area contributed by atoms with Crippen LogP contribution in [0.3, 0.4) is 0 Å². The van der Waals surface area contributed by atoms with E-state index >= 15 is 0 Å². The van der Waals surface area contributed by atoms with Crippen LogP contribution in [0.25, 0.3) is 0 Å². The smallest absolute Gasteiger partial charge is 0.157 e. The molecule has 1 aliphatic heterocycles. The van der Waals surface area contributed by atoms with E-state index in [-0.39, 0.29) is 5.75 Å². The summed E-state index contributed by atoms with van der Waals surface area (Å²) in [5.41, 5.74) is 1.34. The SMILES string of the molecule is CC1=[N+](CCS(C)(=O)=O)C(C)CCC1.[O-][Cl+3]([O-])([O-])[O-]. The second-order valence-corrected chi connectivity index (χ2v) is 7.69. The maximum Gasteiger partial charge on any atom is 0.157 e. The van der Waals surface area contributed by atoms with Gasteiger partial charge in [-0.05, 0) is 13.3 Å². The van der Waals surface area contributed by atoms with E-state index in [0.717, 1.165) is 6.42 Å². The predicted molar refractivity (Wildman–Crippen MR) is 58.8 cm³/mol. The van der Waals surface area contributed by atoms with Gasteiger partial charge in [-0.3, -0.25) is 0 Å². The van der Waals surface area contributed by atoms with Crippen LogP contribution in [-0.2, 0) is 9.84 Å². The number of rotatable bonds is 3. The molecule has 1 heterocycles. The molecule has 1 rings (SSSR count). The summed E-state index contributed by atoms with van der Waals surface area (Å²) in [6, 6.07) is 0.505. The predicted octanol–water partition coefficient (Wildman–Crippen LogP) is -3.68. The van der Waals surface area contributed by atoms with Crippen LogP contribution in [0.1, 0.15) is 33.1 Å². The quantitative estimate of drug-likeness (QED) is 0.493. The van der Waals surface area contributed by atoms with E-state index in [1.54, 1.807) is 0 Å². The van der Waals surface area contributed by atoms with E-state index in [1.807, 2.05) is 0 Å². The van der Waals surface area contributed by atoms with Crippen molar-refractivity contribution in [1.82, 2.24) is 0 Å². The topological polar surface area (TPSA) is 129 Å². The monoisotopic (exact) mass is 317 g/mol. The van der Waals surface area contributed by atoms with Crippen molar-refractivity contribution in [3.05, 3.63) is 0 Å². The van der Waals surface area contributed by atoms with Crippen LogP contribution < -0.4 is 18.6 Å². The van der Waals surface area contributed by atoms with Gasteiger partial charge in [0.1, 0.15) is 17.5 Å². The summed E-state index contributed by atoms with van der Waals surface area (Å²) in [5.74, 6) is 0.272. The molecule has 19 heavy (non-hydrogen) atoms. The van der Waals surface area contributed by atoms with Crippen LogP contribution in [0.15, 0.2) is 0 Å². The minimum absolute atomic E-state index is 0.272. The molecule has 0 amide bonds. The van der Waals surface area contributed by atoms with Gasteiger partial charge in [-0.15, -0.1) is 10.2 Å². The van der Waals surface area contributed by atoms with E-state index < -0.39 is 20.1 Å². The molecule has 114 valence electrons. The highest BCUT2D eigenvalue weighted by atomic mass is 35.7. The molecule has 0 saturated heterocycles. The number of hydrogen-bond acceptors (Lipinski definition) is 6. The number of hydrogen-bond donors (Lipinski definition) is 0. The minimum atomic E-state index is -4.94. The van der Waals surface area contributed by atoms with Gasteiger partial charge in [0.25, 0.3) is 0 Å². The molecular weight excluding hydrogens is 298 g/mol. The zero-order valence-corrected chi connectivity index (χ0v) is 12.9. The molecule has 0 aliphatic carbocycles. The van der Waals surface area contributed by atoms with E-state index in [9.17, 15) is 8.42 Å². The largest absolute Gasteiger partial charge is 0.234 e. The van der Waals surface area contributed by atoms with Crippen molar-refractivity contribution < 1.29 is 41.9 Å². The molecule has 0 radical (unpaired) electrons. The van der Waals surface area contributed by atoms with E-state index in [2.05, 4.69) is 18.4 Å². The van der Waals surface area contributed by atoms with Crippen molar-refractivity contribution in [2.75, 3.05) is 18.6 Å². The molecule has 0 bridgehead atoms.